The van der Waals surface area contributed by atoms with Crippen LogP contribution < -0.4 is 14.5 Å². The van der Waals surface area contributed by atoms with Crippen LogP contribution >= 0.6 is 0 Å². The minimum absolute atomic E-state index is 0.303. The second kappa shape index (κ2) is 8.39. The van der Waals surface area contributed by atoms with Gasteiger partial charge >= 0.3 is 0 Å². The number of aromatic nitrogens is 2. The lowest BCUT2D eigenvalue weighted by Gasteiger charge is -2.34. The number of nitrogens with zero attached hydrogens (tertiary/aromatic N) is 5. The van der Waals surface area contributed by atoms with Gasteiger partial charge in [-0.1, -0.05) is 0 Å². The minimum Gasteiger partial charge on any atom is -0.496 e. The molecule has 0 amide bonds. The molecule has 0 unspecified atom stereocenters. The SMILES string of the molecule is COc1ccc(S(=O)(=O)N2CCN(c3nc(C)cc(N4CCCC4)n3)CC2)cc1C. The third-order valence-corrected chi connectivity index (χ3v) is 7.68. The van der Waals surface area contributed by atoms with Crippen molar-refractivity contribution in [2.75, 3.05) is 56.2 Å². The third-order valence-electron chi connectivity index (χ3n) is 5.78. The molecule has 0 saturated carbocycles. The van der Waals surface area contributed by atoms with E-state index in [1.54, 1.807) is 29.6 Å². The van der Waals surface area contributed by atoms with Gasteiger partial charge in [0.25, 0.3) is 0 Å². The molecule has 0 aliphatic carbocycles. The lowest BCUT2D eigenvalue weighted by atomic mass is 10.2. The summed E-state index contributed by atoms with van der Waals surface area (Å²) in [6.07, 6.45) is 2.39. The highest BCUT2D eigenvalue weighted by Gasteiger charge is 2.30. The van der Waals surface area contributed by atoms with Crippen LogP contribution in [0, 0.1) is 13.8 Å². The molecule has 4 rings (SSSR count). The maximum atomic E-state index is 13.1. The molecule has 162 valence electrons. The number of hydrogen-bond acceptors (Lipinski definition) is 7. The van der Waals surface area contributed by atoms with Crippen LogP contribution in [0.5, 0.6) is 5.75 Å². The number of methoxy groups -OCH3 is 1. The Labute approximate surface area is 178 Å². The summed E-state index contributed by atoms with van der Waals surface area (Å²) < 4.78 is 33.0. The van der Waals surface area contributed by atoms with Crippen molar-refractivity contribution in [1.29, 1.82) is 0 Å². The predicted molar refractivity (Wildman–Crippen MR) is 117 cm³/mol. The molecule has 0 atom stereocenters. The number of hydrogen-bond donors (Lipinski definition) is 0. The third kappa shape index (κ3) is 4.09. The fourth-order valence-corrected chi connectivity index (χ4v) is 5.58. The molecule has 2 aromatic rings. The molecule has 8 nitrogen and oxygen atoms in total. The van der Waals surface area contributed by atoms with E-state index in [2.05, 4.69) is 14.8 Å². The molecule has 3 heterocycles. The van der Waals surface area contributed by atoms with Gasteiger partial charge in [0, 0.05) is 51.0 Å². The fraction of sp³-hybridized carbons (Fsp3) is 0.524. The molecule has 2 aliphatic rings. The Hall–Kier alpha value is -2.39. The van der Waals surface area contributed by atoms with Gasteiger partial charge in [0.15, 0.2) is 0 Å². The molecule has 0 spiro atoms. The molecule has 2 aliphatic heterocycles. The quantitative estimate of drug-likeness (QED) is 0.718. The van der Waals surface area contributed by atoms with Crippen LogP contribution in [-0.4, -0.2) is 69.1 Å². The molecule has 1 aromatic carbocycles. The van der Waals surface area contributed by atoms with Gasteiger partial charge in [0.2, 0.25) is 16.0 Å². The predicted octanol–water partition coefficient (Wildman–Crippen LogP) is 2.21. The largest absolute Gasteiger partial charge is 0.496 e. The van der Waals surface area contributed by atoms with Crippen molar-refractivity contribution in [3.8, 4) is 5.75 Å². The molecule has 1 aromatic heterocycles. The topological polar surface area (TPSA) is 78.9 Å². The number of sulfonamides is 1. The first-order valence-electron chi connectivity index (χ1n) is 10.4. The van der Waals surface area contributed by atoms with E-state index in [1.807, 2.05) is 19.9 Å². The number of aryl methyl sites for hydroxylation is 2. The summed E-state index contributed by atoms with van der Waals surface area (Å²) in [4.78, 5) is 14.1. The van der Waals surface area contributed by atoms with Crippen LogP contribution in [0.3, 0.4) is 0 Å². The number of piperazine rings is 1. The van der Waals surface area contributed by atoms with E-state index in [0.29, 0.717) is 42.8 Å². The Morgan fingerprint density at radius 3 is 2.23 bits per heavy atom. The lowest BCUT2D eigenvalue weighted by molar-refractivity contribution is 0.382. The summed E-state index contributed by atoms with van der Waals surface area (Å²) >= 11 is 0. The molecule has 30 heavy (non-hydrogen) atoms. The highest BCUT2D eigenvalue weighted by atomic mass is 32.2. The van der Waals surface area contributed by atoms with Gasteiger partial charge in [-0.2, -0.15) is 9.29 Å². The number of anilines is 2. The minimum atomic E-state index is -3.54. The van der Waals surface area contributed by atoms with Crippen LogP contribution in [0.2, 0.25) is 0 Å². The standard InChI is InChI=1S/C21H29N5O3S/c1-16-14-18(6-7-19(16)29-3)30(27,28)26-12-10-25(11-13-26)21-22-17(2)15-20(23-21)24-8-4-5-9-24/h6-7,14-15H,4-5,8-13H2,1-3H3. The summed E-state index contributed by atoms with van der Waals surface area (Å²) in [5.74, 6) is 2.34. The Morgan fingerprint density at radius 1 is 0.900 bits per heavy atom. The smallest absolute Gasteiger partial charge is 0.243 e. The zero-order chi connectivity index (χ0) is 21.3. The molecule has 2 saturated heterocycles. The van der Waals surface area contributed by atoms with E-state index in [9.17, 15) is 8.42 Å². The zero-order valence-electron chi connectivity index (χ0n) is 17.8. The maximum absolute atomic E-state index is 13.1. The van der Waals surface area contributed by atoms with Gasteiger partial charge in [0.05, 0.1) is 12.0 Å². The van der Waals surface area contributed by atoms with Gasteiger partial charge in [-0.05, 0) is 50.5 Å². The van der Waals surface area contributed by atoms with Crippen molar-refractivity contribution in [3.63, 3.8) is 0 Å². The second-order valence-corrected chi connectivity index (χ2v) is 9.82. The van der Waals surface area contributed by atoms with Crippen molar-refractivity contribution in [2.45, 2.75) is 31.6 Å². The summed E-state index contributed by atoms with van der Waals surface area (Å²) in [7, 11) is -1.96. The van der Waals surface area contributed by atoms with Crippen molar-refractivity contribution in [2.24, 2.45) is 0 Å². The van der Waals surface area contributed by atoms with Crippen molar-refractivity contribution >= 4 is 21.8 Å². The van der Waals surface area contributed by atoms with E-state index in [0.717, 1.165) is 30.2 Å². The highest BCUT2D eigenvalue weighted by molar-refractivity contribution is 7.89. The van der Waals surface area contributed by atoms with Gasteiger partial charge in [-0.15, -0.1) is 0 Å². The highest BCUT2D eigenvalue weighted by Crippen LogP contribution is 2.26. The molecule has 9 heteroatoms. The number of ether oxygens (including phenoxy) is 1. The summed E-state index contributed by atoms with van der Waals surface area (Å²) in [6.45, 7) is 7.84. The van der Waals surface area contributed by atoms with Crippen LogP contribution in [0.15, 0.2) is 29.2 Å². The van der Waals surface area contributed by atoms with Crippen molar-refractivity contribution in [1.82, 2.24) is 14.3 Å². The summed E-state index contributed by atoms with van der Waals surface area (Å²) in [5, 5.41) is 0. The summed E-state index contributed by atoms with van der Waals surface area (Å²) in [5.41, 5.74) is 1.74. The normalized spacial score (nSPS) is 18.1. The van der Waals surface area contributed by atoms with E-state index < -0.39 is 10.0 Å². The Bertz CT molecular complexity index is 1010. The molecular weight excluding hydrogens is 402 g/mol. The lowest BCUT2D eigenvalue weighted by Crippen LogP contribution is -2.49. The average Bonchev–Trinajstić information content (AvgIpc) is 3.28. The average molecular weight is 432 g/mol. The summed E-state index contributed by atoms with van der Waals surface area (Å²) in [6, 6.07) is 7.02. The molecular formula is C21H29N5O3S. The number of rotatable bonds is 5. The second-order valence-electron chi connectivity index (χ2n) is 7.88. The van der Waals surface area contributed by atoms with Crippen molar-refractivity contribution < 1.29 is 13.2 Å². The first kappa shape index (κ1) is 20.9. The van der Waals surface area contributed by atoms with Crippen LogP contribution in [0.25, 0.3) is 0 Å². The Balaban J connectivity index is 1.48. The van der Waals surface area contributed by atoms with E-state index in [-0.39, 0.29) is 0 Å². The molecule has 2 fully saturated rings. The van der Waals surface area contributed by atoms with E-state index in [1.165, 1.54) is 12.8 Å². The van der Waals surface area contributed by atoms with Crippen LogP contribution in [0.4, 0.5) is 11.8 Å². The van der Waals surface area contributed by atoms with Crippen LogP contribution in [-0.2, 0) is 10.0 Å². The van der Waals surface area contributed by atoms with E-state index >= 15 is 0 Å². The zero-order valence-corrected chi connectivity index (χ0v) is 18.7. The van der Waals surface area contributed by atoms with Crippen molar-refractivity contribution in [3.05, 3.63) is 35.5 Å². The number of benzene rings is 1. The first-order valence-corrected chi connectivity index (χ1v) is 11.8. The van der Waals surface area contributed by atoms with Gasteiger partial charge in [-0.25, -0.2) is 13.4 Å². The van der Waals surface area contributed by atoms with Gasteiger partial charge in [0.1, 0.15) is 11.6 Å². The molecule has 0 radical (unpaired) electrons. The first-order chi connectivity index (χ1) is 14.4. The molecule has 0 bridgehead atoms. The fourth-order valence-electron chi connectivity index (χ4n) is 4.08. The van der Waals surface area contributed by atoms with Crippen LogP contribution in [0.1, 0.15) is 24.1 Å². The monoisotopic (exact) mass is 431 g/mol. The van der Waals surface area contributed by atoms with E-state index in [4.69, 9.17) is 9.72 Å². The Morgan fingerprint density at radius 2 is 1.60 bits per heavy atom. The molecule has 0 N–H and O–H groups in total. The Kier molecular flexibility index (Phi) is 5.84. The van der Waals surface area contributed by atoms with Gasteiger partial charge < -0.3 is 14.5 Å². The van der Waals surface area contributed by atoms with Gasteiger partial charge in [-0.3, -0.25) is 0 Å². The maximum Gasteiger partial charge on any atom is 0.243 e.